The third kappa shape index (κ3) is 3.40. The molecule has 0 N–H and O–H groups in total. The lowest BCUT2D eigenvalue weighted by atomic mass is 10.2. The summed E-state index contributed by atoms with van der Waals surface area (Å²) in [4.78, 5) is 22.6. The van der Waals surface area contributed by atoms with Gasteiger partial charge in [-0.1, -0.05) is 30.3 Å². The van der Waals surface area contributed by atoms with Gasteiger partial charge in [-0.2, -0.15) is 9.78 Å². The summed E-state index contributed by atoms with van der Waals surface area (Å²) >= 11 is 1.50. The largest absolute Gasteiger partial charge is 0.448 e. The van der Waals surface area contributed by atoms with Gasteiger partial charge in [0.1, 0.15) is 11.6 Å². The molecule has 5 rings (SSSR count). The van der Waals surface area contributed by atoms with Gasteiger partial charge in [0.15, 0.2) is 5.09 Å². The lowest BCUT2D eigenvalue weighted by molar-refractivity contribution is 0.468. The second-order valence-electron chi connectivity index (χ2n) is 6.63. The summed E-state index contributed by atoms with van der Waals surface area (Å²) in [5, 5.41) is 6.62. The highest BCUT2D eigenvalue weighted by Crippen LogP contribution is 2.33. The monoisotopic (exact) mass is 412 g/mol. The Kier molecular flexibility index (Phi) is 4.65. The summed E-state index contributed by atoms with van der Waals surface area (Å²) < 4.78 is 7.16. The maximum atomic E-state index is 12.7. The summed E-state index contributed by atoms with van der Waals surface area (Å²) in [5.74, 6) is 1.06. The third-order valence-corrected chi connectivity index (χ3v) is 5.59. The lowest BCUT2D eigenvalue weighted by Crippen LogP contribution is -2.20. The van der Waals surface area contributed by atoms with Crippen LogP contribution in [0.5, 0.6) is 0 Å². The normalized spacial score (nSPS) is 11.6. The first-order chi connectivity index (χ1) is 14.7. The van der Waals surface area contributed by atoms with Crippen LogP contribution >= 0.6 is 11.8 Å². The molecule has 2 aromatic carbocycles. The highest BCUT2D eigenvalue weighted by Gasteiger charge is 2.09. The van der Waals surface area contributed by atoms with E-state index in [1.807, 2.05) is 60.7 Å². The molecule has 146 valence electrons. The molecule has 5 aromatic rings. The molecule has 3 aromatic heterocycles. The fourth-order valence-electron chi connectivity index (χ4n) is 3.21. The van der Waals surface area contributed by atoms with Gasteiger partial charge < -0.3 is 4.42 Å². The van der Waals surface area contributed by atoms with Crippen LogP contribution in [0, 0.1) is 6.92 Å². The number of hydrogen-bond acceptors (Lipinski definition) is 6. The second kappa shape index (κ2) is 7.61. The summed E-state index contributed by atoms with van der Waals surface area (Å²) in [6.45, 7) is 1.75. The van der Waals surface area contributed by atoms with E-state index in [-0.39, 0.29) is 5.56 Å². The van der Waals surface area contributed by atoms with Crippen molar-refractivity contribution in [3.05, 3.63) is 94.9 Å². The van der Waals surface area contributed by atoms with Crippen molar-refractivity contribution in [2.45, 2.75) is 16.9 Å². The molecule has 0 aliphatic heterocycles. The number of aryl methyl sites for hydroxylation is 1. The minimum Gasteiger partial charge on any atom is -0.448 e. The molecule has 0 bridgehead atoms. The number of nitrogens with zero attached hydrogens (tertiary/aromatic N) is 4. The molecule has 3 heterocycles. The van der Waals surface area contributed by atoms with Gasteiger partial charge in [-0.15, -0.1) is 0 Å². The summed E-state index contributed by atoms with van der Waals surface area (Å²) in [5.41, 5.74) is 1.38. The predicted molar refractivity (Wildman–Crippen MR) is 118 cm³/mol. The Morgan fingerprint density at radius 1 is 1.03 bits per heavy atom. The van der Waals surface area contributed by atoms with Crippen molar-refractivity contribution in [1.29, 1.82) is 0 Å². The van der Waals surface area contributed by atoms with Crippen LogP contribution in [0.25, 0.3) is 21.8 Å². The Morgan fingerprint density at radius 3 is 2.83 bits per heavy atom. The van der Waals surface area contributed by atoms with Gasteiger partial charge in [0, 0.05) is 16.5 Å². The minimum absolute atomic E-state index is 0.211. The Labute approximate surface area is 175 Å². The summed E-state index contributed by atoms with van der Waals surface area (Å²) in [6.07, 6.45) is 3.31. The Balaban J connectivity index is 1.43. The van der Waals surface area contributed by atoms with Crippen LogP contribution < -0.4 is 5.56 Å². The first-order valence-electron chi connectivity index (χ1n) is 9.33. The van der Waals surface area contributed by atoms with E-state index in [2.05, 4.69) is 15.1 Å². The van der Waals surface area contributed by atoms with Crippen molar-refractivity contribution in [3.63, 3.8) is 0 Å². The van der Waals surface area contributed by atoms with Crippen molar-refractivity contribution < 1.29 is 4.42 Å². The molecular weight excluding hydrogens is 396 g/mol. The van der Waals surface area contributed by atoms with E-state index in [9.17, 15) is 4.79 Å². The molecule has 0 spiro atoms. The zero-order chi connectivity index (χ0) is 20.5. The van der Waals surface area contributed by atoms with Crippen LogP contribution in [0.15, 0.2) is 97.2 Å². The van der Waals surface area contributed by atoms with Crippen LogP contribution in [-0.2, 0) is 0 Å². The van der Waals surface area contributed by atoms with E-state index in [0.29, 0.717) is 22.5 Å². The van der Waals surface area contributed by atoms with E-state index < -0.39 is 0 Å². The second-order valence-corrected chi connectivity index (χ2v) is 7.67. The smallest absolute Gasteiger partial charge is 0.282 e. The van der Waals surface area contributed by atoms with Gasteiger partial charge in [-0.3, -0.25) is 9.78 Å². The van der Waals surface area contributed by atoms with Crippen molar-refractivity contribution >= 4 is 39.8 Å². The number of para-hydroxylation sites is 2. The van der Waals surface area contributed by atoms with Crippen LogP contribution in [0.2, 0.25) is 0 Å². The van der Waals surface area contributed by atoms with Crippen molar-refractivity contribution in [2.75, 3.05) is 0 Å². The van der Waals surface area contributed by atoms with E-state index in [0.717, 1.165) is 20.9 Å². The van der Waals surface area contributed by atoms with E-state index in [1.54, 1.807) is 19.2 Å². The molecule has 0 atom stereocenters. The zero-order valence-corrected chi connectivity index (χ0v) is 16.8. The first-order valence-corrected chi connectivity index (χ1v) is 10.1. The summed E-state index contributed by atoms with van der Waals surface area (Å²) in [7, 11) is 0. The van der Waals surface area contributed by atoms with Crippen LogP contribution in [0.3, 0.4) is 0 Å². The maximum absolute atomic E-state index is 12.7. The third-order valence-electron chi connectivity index (χ3n) is 4.62. The molecule has 30 heavy (non-hydrogen) atoms. The number of fused-ring (bicyclic) bond motifs is 2. The van der Waals surface area contributed by atoms with Gasteiger partial charge in [-0.25, -0.2) is 4.98 Å². The van der Waals surface area contributed by atoms with Crippen molar-refractivity contribution in [2.24, 2.45) is 5.10 Å². The Hall–Kier alpha value is -3.71. The molecule has 0 unspecified atom stereocenters. The number of furan rings is 1. The van der Waals surface area contributed by atoms with Gasteiger partial charge in [0.05, 0.1) is 22.6 Å². The molecule has 0 saturated carbocycles. The van der Waals surface area contributed by atoms with Crippen molar-refractivity contribution in [1.82, 2.24) is 14.6 Å². The predicted octanol–water partition coefficient (Wildman–Crippen LogP) is 4.88. The zero-order valence-electron chi connectivity index (χ0n) is 16.0. The maximum Gasteiger partial charge on any atom is 0.282 e. The van der Waals surface area contributed by atoms with E-state index in [4.69, 9.17) is 4.42 Å². The first kappa shape index (κ1) is 18.3. The Bertz CT molecular complexity index is 1460. The standard InChI is InChI=1S/C23H16N4O2S/c1-15-26-19-9-3-2-8-18(19)23(28)27(15)25-14-17-11-12-21(29-17)30-20-10-4-6-16-7-5-13-24-22(16)20/h2-14H,1H3. The number of benzene rings is 2. The van der Waals surface area contributed by atoms with Gasteiger partial charge in [-0.05, 0) is 55.1 Å². The van der Waals surface area contributed by atoms with Crippen LogP contribution in [0.1, 0.15) is 11.6 Å². The highest BCUT2D eigenvalue weighted by atomic mass is 32.2. The molecule has 0 radical (unpaired) electrons. The topological polar surface area (TPSA) is 73.3 Å². The molecule has 0 saturated heterocycles. The molecule has 0 fully saturated rings. The number of aromatic nitrogens is 3. The fraction of sp³-hybridized carbons (Fsp3) is 0.0435. The van der Waals surface area contributed by atoms with Crippen molar-refractivity contribution in [3.8, 4) is 0 Å². The number of hydrogen-bond donors (Lipinski definition) is 0. The number of pyridine rings is 1. The molecular formula is C23H16N4O2S. The molecule has 6 nitrogen and oxygen atoms in total. The fourth-order valence-corrected chi connectivity index (χ4v) is 4.12. The van der Waals surface area contributed by atoms with E-state index >= 15 is 0 Å². The van der Waals surface area contributed by atoms with Gasteiger partial charge >= 0.3 is 0 Å². The van der Waals surface area contributed by atoms with Crippen LogP contribution in [0.4, 0.5) is 0 Å². The van der Waals surface area contributed by atoms with Gasteiger partial charge in [0.2, 0.25) is 0 Å². The quantitative estimate of drug-likeness (QED) is 0.393. The molecule has 0 aliphatic carbocycles. The lowest BCUT2D eigenvalue weighted by Gasteiger charge is -2.04. The molecule has 0 aliphatic rings. The average Bonchev–Trinajstić information content (AvgIpc) is 3.21. The SMILES string of the molecule is Cc1nc2ccccc2c(=O)n1N=Cc1ccc(Sc2cccc3cccnc23)o1. The van der Waals surface area contributed by atoms with Gasteiger partial charge in [0.25, 0.3) is 5.56 Å². The van der Waals surface area contributed by atoms with Crippen LogP contribution in [-0.4, -0.2) is 20.9 Å². The Morgan fingerprint density at radius 2 is 1.90 bits per heavy atom. The summed E-state index contributed by atoms with van der Waals surface area (Å²) in [6, 6.07) is 20.9. The molecule has 7 heteroatoms. The molecule has 0 amide bonds. The average molecular weight is 412 g/mol. The minimum atomic E-state index is -0.211. The van der Waals surface area contributed by atoms with E-state index in [1.165, 1.54) is 22.7 Å². The number of rotatable bonds is 4. The highest BCUT2D eigenvalue weighted by molar-refractivity contribution is 7.99.